The summed E-state index contributed by atoms with van der Waals surface area (Å²) in [6.45, 7) is 0. The highest BCUT2D eigenvalue weighted by molar-refractivity contribution is 5.75. The summed E-state index contributed by atoms with van der Waals surface area (Å²) in [7, 11) is 0. The van der Waals surface area contributed by atoms with E-state index < -0.39 is 5.09 Å². The molecule has 12 nitrogen and oxygen atoms in total. The van der Waals surface area contributed by atoms with Gasteiger partial charge in [0.15, 0.2) is 17.4 Å². The second kappa shape index (κ2) is 213. The third kappa shape index (κ3) is 2930. The van der Waals surface area contributed by atoms with Gasteiger partial charge < -0.3 is 49.0 Å². The van der Waals surface area contributed by atoms with Crippen molar-refractivity contribution in [1.29, 1.82) is 0 Å². The zero-order valence-corrected chi connectivity index (χ0v) is 5.71. The largest absolute Gasteiger partial charge is 0.412 e. The molecule has 0 unspecified atom stereocenters. The van der Waals surface area contributed by atoms with Gasteiger partial charge in [0.05, 0.1) is 0 Å². The van der Waals surface area contributed by atoms with Crippen LogP contribution in [0.3, 0.4) is 0 Å². The van der Waals surface area contributed by atoms with Crippen LogP contribution in [-0.2, 0) is 0 Å². The average Bonchev–Trinajstić information content (AvgIpc) is 0.811. The minimum absolute atomic E-state index is 0. The molecule has 0 aliphatic carbocycles. The molecular formula is H20AlNO11. The predicted molar refractivity (Wildman–Crippen MR) is 47.6 cm³/mol. The Kier molecular flexibility index (Phi) is 4540. The van der Waals surface area contributed by atoms with Crippen LogP contribution in [0.15, 0.2) is 0 Å². The lowest BCUT2D eigenvalue weighted by atomic mass is 13.1. The molecule has 0 rings (SSSR count). The molecule has 0 atom stereocenters. The summed E-state index contributed by atoms with van der Waals surface area (Å²) in [5.74, 6) is 0. The second-order valence-electron chi connectivity index (χ2n) is 0.238. The zero-order valence-electron chi connectivity index (χ0n) is 5.71. The third-order valence-electron chi connectivity index (χ3n) is 0. The molecule has 17 N–H and O–H groups in total. The van der Waals surface area contributed by atoms with E-state index in [1.54, 1.807) is 0 Å². The maximum atomic E-state index is 8.36. The van der Waals surface area contributed by atoms with Gasteiger partial charge in [-0.3, -0.25) is 0 Å². The molecule has 0 aliphatic rings. The highest BCUT2D eigenvalue weighted by Gasteiger charge is 1.65. The molecule has 0 fully saturated rings. The topological polar surface area (TPSA) is 315 Å². The van der Waals surface area contributed by atoms with Crippen molar-refractivity contribution in [2.45, 2.75) is 0 Å². The van der Waals surface area contributed by atoms with Crippen molar-refractivity contribution in [3.05, 3.63) is 10.1 Å². The Morgan fingerprint density at radius 3 is 0.769 bits per heavy atom. The van der Waals surface area contributed by atoms with Gasteiger partial charge in [0.1, 0.15) is 0 Å². The first kappa shape index (κ1) is 278. The molecule has 0 spiro atoms. The van der Waals surface area contributed by atoms with E-state index in [-0.39, 0.29) is 61.2 Å². The number of hydrogen-bond acceptors (Lipinski definition) is 2. The van der Waals surface area contributed by atoms with Crippen molar-refractivity contribution in [2.75, 3.05) is 0 Å². The van der Waals surface area contributed by atoms with E-state index in [1.807, 2.05) is 0 Å². The van der Waals surface area contributed by atoms with Crippen molar-refractivity contribution in [3.63, 3.8) is 0 Å². The highest BCUT2D eigenvalue weighted by atomic mass is 27.0. The number of rotatable bonds is 0. The molecule has 13 heavy (non-hydrogen) atoms. The Balaban J connectivity index is -0.00000000125. The van der Waals surface area contributed by atoms with Gasteiger partial charge in [-0.2, -0.15) is 0 Å². The van der Waals surface area contributed by atoms with E-state index in [4.69, 9.17) is 15.3 Å². The van der Waals surface area contributed by atoms with Crippen LogP contribution in [0.2, 0.25) is 0 Å². The standard InChI is InChI=1S/Al.HNO3.8H2O.3H/c;2-1(3)4;;;;;;;;;;;/h;(H,2,3,4);8*1H2;;;. The van der Waals surface area contributed by atoms with Crippen molar-refractivity contribution in [3.8, 4) is 0 Å². The lowest BCUT2D eigenvalue weighted by molar-refractivity contribution is -0.742. The van der Waals surface area contributed by atoms with Gasteiger partial charge in [0.25, 0.3) is 5.09 Å². The first-order chi connectivity index (χ1) is 1.73. The maximum absolute atomic E-state index is 8.36. The molecule has 0 saturated heterocycles. The second-order valence-corrected chi connectivity index (χ2v) is 0.238. The molecule has 0 amide bonds. The Labute approximate surface area is 82.5 Å². The van der Waals surface area contributed by atoms with Gasteiger partial charge in [-0.05, 0) is 0 Å². The monoisotopic (exact) mass is 237 g/mol. The van der Waals surface area contributed by atoms with E-state index in [0.717, 1.165) is 0 Å². The first-order valence-corrected chi connectivity index (χ1v) is 0.565. The minimum atomic E-state index is -1.50. The lowest BCUT2D eigenvalue weighted by Gasteiger charge is -1.56. The van der Waals surface area contributed by atoms with E-state index in [2.05, 4.69) is 0 Å². The lowest BCUT2D eigenvalue weighted by Crippen LogP contribution is -1.81. The molecule has 0 aliphatic heterocycles. The number of nitrogens with zero attached hydrogens (tertiary/aromatic N) is 1. The average molecular weight is 237 g/mol. The van der Waals surface area contributed by atoms with Gasteiger partial charge in [0.2, 0.25) is 0 Å². The van der Waals surface area contributed by atoms with Crippen molar-refractivity contribution in [2.24, 2.45) is 0 Å². The van der Waals surface area contributed by atoms with Gasteiger partial charge in [0, 0.05) is 0 Å². The molecule has 0 aromatic carbocycles. The molecular weight excluding hydrogens is 217 g/mol. The molecule has 13 heteroatoms. The molecule has 0 radical (unpaired) electrons. The normalized spacial score (nSPS) is 1.85. The summed E-state index contributed by atoms with van der Waals surface area (Å²) >= 11 is 0. The van der Waals surface area contributed by atoms with Crippen molar-refractivity contribution < 1.29 is 54.1 Å². The van der Waals surface area contributed by atoms with Gasteiger partial charge in [-0.1, -0.05) is 0 Å². The van der Waals surface area contributed by atoms with Crippen LogP contribution in [-0.4, -0.2) is 71.5 Å². The van der Waals surface area contributed by atoms with Crippen LogP contribution in [0.5, 0.6) is 0 Å². The van der Waals surface area contributed by atoms with E-state index in [9.17, 15) is 0 Å². The first-order valence-electron chi connectivity index (χ1n) is 0.565. The summed E-state index contributed by atoms with van der Waals surface area (Å²) < 4.78 is 0. The molecule has 0 heterocycles. The van der Waals surface area contributed by atoms with Crippen LogP contribution < -0.4 is 0 Å². The fourth-order valence-corrected chi connectivity index (χ4v) is 0. The van der Waals surface area contributed by atoms with Crippen LogP contribution in [0.1, 0.15) is 0 Å². The summed E-state index contributed by atoms with van der Waals surface area (Å²) in [6.07, 6.45) is 0. The molecule has 0 saturated carbocycles. The zero-order chi connectivity index (χ0) is 3.58. The van der Waals surface area contributed by atoms with Crippen LogP contribution >= 0.6 is 0 Å². The summed E-state index contributed by atoms with van der Waals surface area (Å²) in [6, 6.07) is 0. The molecule has 0 bridgehead atoms. The van der Waals surface area contributed by atoms with Crippen molar-refractivity contribution in [1.82, 2.24) is 0 Å². The molecule has 0 aromatic rings. The quantitative estimate of drug-likeness (QED) is 0.243. The van der Waals surface area contributed by atoms with Crippen LogP contribution in [0, 0.1) is 10.1 Å². The van der Waals surface area contributed by atoms with E-state index in [1.165, 1.54) is 0 Å². The van der Waals surface area contributed by atoms with E-state index in [0.29, 0.717) is 0 Å². The fourth-order valence-electron chi connectivity index (χ4n) is 0. The Morgan fingerprint density at radius 2 is 0.769 bits per heavy atom. The summed E-state index contributed by atoms with van der Waals surface area (Å²) in [5, 5.41) is 13.6. The number of hydrogen-bond donors (Lipinski definition) is 1. The van der Waals surface area contributed by atoms with Crippen LogP contribution in [0.4, 0.5) is 0 Å². The van der Waals surface area contributed by atoms with Gasteiger partial charge >= 0.3 is 0 Å². The van der Waals surface area contributed by atoms with Crippen molar-refractivity contribution >= 4 is 17.4 Å². The van der Waals surface area contributed by atoms with Crippen LogP contribution in [0.25, 0.3) is 0 Å². The smallest absolute Gasteiger partial charge is 0.291 e. The predicted octanol–water partition coefficient (Wildman–Crippen LogP) is -8.13. The fraction of sp³-hybridized carbons (Fsp3) is 0. The highest BCUT2D eigenvalue weighted by Crippen LogP contribution is 1.38. The van der Waals surface area contributed by atoms with Gasteiger partial charge in [-0.25, -0.2) is 0 Å². The SMILES string of the molecule is O.O.O.O.O.O.O.O.O=[N+]([O-])O.[AlH3]. The third-order valence-corrected chi connectivity index (χ3v) is 0. The summed E-state index contributed by atoms with van der Waals surface area (Å²) in [4.78, 5) is 8.36. The molecule has 0 aromatic heterocycles. The van der Waals surface area contributed by atoms with E-state index >= 15 is 0 Å². The Bertz CT molecular complexity index is 33.1. The maximum Gasteiger partial charge on any atom is 0.291 e. The Hall–Kier alpha value is -0.588. The molecule has 94 valence electrons. The Morgan fingerprint density at radius 1 is 0.769 bits per heavy atom. The summed E-state index contributed by atoms with van der Waals surface area (Å²) in [5.41, 5.74) is 0. The minimum Gasteiger partial charge on any atom is -0.412 e. The van der Waals surface area contributed by atoms with Gasteiger partial charge in [-0.15, -0.1) is 10.1 Å².